The van der Waals surface area contributed by atoms with E-state index in [2.05, 4.69) is 34.3 Å². The van der Waals surface area contributed by atoms with Crippen molar-refractivity contribution in [2.24, 2.45) is 5.73 Å². The van der Waals surface area contributed by atoms with Gasteiger partial charge in [0, 0.05) is 17.8 Å². The number of benzene rings is 2. The number of nitrogens with zero attached hydrogens (tertiary/aromatic N) is 4. The summed E-state index contributed by atoms with van der Waals surface area (Å²) in [6, 6.07) is 15.8. The molecule has 1 saturated heterocycles. The predicted molar refractivity (Wildman–Crippen MR) is 142 cm³/mol. The Labute approximate surface area is 217 Å². The molecule has 6 rings (SSSR count). The van der Waals surface area contributed by atoms with Crippen LogP contribution in [0, 0.1) is 0 Å². The van der Waals surface area contributed by atoms with Gasteiger partial charge in [-0.1, -0.05) is 12.1 Å². The van der Waals surface area contributed by atoms with Gasteiger partial charge in [0.25, 0.3) is 11.8 Å². The number of hydrogen-bond donors (Lipinski definition) is 1. The lowest BCUT2D eigenvalue weighted by Gasteiger charge is -2.28. The number of carbonyl (C=O) groups excluding carboxylic acids is 2. The normalized spacial score (nSPS) is 18.6. The Kier molecular flexibility index (Phi) is 5.99. The Bertz CT molecular complexity index is 1320. The molecule has 0 bridgehead atoms. The van der Waals surface area contributed by atoms with Gasteiger partial charge in [-0.3, -0.25) is 9.59 Å². The SMILES string of the molecule is COc1ccc(-n2nc(C(N)=O)c3c2C(=O)N(c2ccc(C4(CCN5CCCC5)CC4)cc2)CC3)cc1. The molecule has 3 heterocycles. The van der Waals surface area contributed by atoms with Gasteiger partial charge in [-0.2, -0.15) is 5.10 Å². The number of carbonyl (C=O) groups is 2. The van der Waals surface area contributed by atoms with Gasteiger partial charge in [0.1, 0.15) is 11.4 Å². The number of fused-ring (bicyclic) bond motifs is 1. The third-order valence-corrected chi connectivity index (χ3v) is 8.32. The first kappa shape index (κ1) is 23.7. The van der Waals surface area contributed by atoms with Crippen LogP contribution in [0.5, 0.6) is 5.75 Å². The van der Waals surface area contributed by atoms with E-state index in [4.69, 9.17) is 10.5 Å². The van der Waals surface area contributed by atoms with Crippen LogP contribution in [0.15, 0.2) is 48.5 Å². The van der Waals surface area contributed by atoms with Crippen molar-refractivity contribution < 1.29 is 14.3 Å². The van der Waals surface area contributed by atoms with Gasteiger partial charge in [-0.25, -0.2) is 4.68 Å². The second kappa shape index (κ2) is 9.34. The maximum Gasteiger partial charge on any atom is 0.277 e. The second-order valence-corrected chi connectivity index (χ2v) is 10.5. The third kappa shape index (κ3) is 4.29. The van der Waals surface area contributed by atoms with Gasteiger partial charge >= 0.3 is 0 Å². The van der Waals surface area contributed by atoms with Gasteiger partial charge in [0.05, 0.1) is 12.8 Å². The van der Waals surface area contributed by atoms with Crippen LogP contribution in [0.25, 0.3) is 5.69 Å². The molecule has 1 saturated carbocycles. The lowest BCUT2D eigenvalue weighted by Crippen LogP contribution is -2.39. The van der Waals surface area contributed by atoms with Crippen molar-refractivity contribution in [3.05, 3.63) is 71.0 Å². The first-order valence-electron chi connectivity index (χ1n) is 13.2. The molecule has 2 amide bonds. The summed E-state index contributed by atoms with van der Waals surface area (Å²) in [7, 11) is 1.60. The molecule has 1 aliphatic carbocycles. The van der Waals surface area contributed by atoms with E-state index in [1.807, 2.05) is 12.1 Å². The summed E-state index contributed by atoms with van der Waals surface area (Å²) in [6.07, 6.45) is 6.84. The number of aromatic nitrogens is 2. The highest BCUT2D eigenvalue weighted by atomic mass is 16.5. The average Bonchev–Trinajstić information content (AvgIpc) is 3.33. The van der Waals surface area contributed by atoms with Gasteiger partial charge in [0.15, 0.2) is 5.69 Å². The van der Waals surface area contributed by atoms with Gasteiger partial charge < -0.3 is 20.3 Å². The van der Waals surface area contributed by atoms with Crippen LogP contribution < -0.4 is 15.4 Å². The number of hydrogen-bond acceptors (Lipinski definition) is 5. The first-order valence-corrected chi connectivity index (χ1v) is 13.2. The van der Waals surface area contributed by atoms with E-state index in [0.717, 1.165) is 5.69 Å². The molecule has 192 valence electrons. The maximum absolute atomic E-state index is 13.8. The summed E-state index contributed by atoms with van der Waals surface area (Å²) in [5.41, 5.74) is 9.98. The van der Waals surface area contributed by atoms with Crippen LogP contribution in [0.4, 0.5) is 5.69 Å². The van der Waals surface area contributed by atoms with Crippen LogP contribution in [0.1, 0.15) is 64.2 Å². The van der Waals surface area contributed by atoms with E-state index in [-0.39, 0.29) is 11.6 Å². The summed E-state index contributed by atoms with van der Waals surface area (Å²) in [6.45, 7) is 4.11. The molecule has 8 nitrogen and oxygen atoms in total. The molecule has 2 N–H and O–H groups in total. The molecule has 8 heteroatoms. The molecule has 2 aromatic carbocycles. The number of anilines is 1. The van der Waals surface area contributed by atoms with Crippen molar-refractivity contribution in [3.8, 4) is 11.4 Å². The average molecular weight is 500 g/mol. The van der Waals surface area contributed by atoms with E-state index < -0.39 is 5.91 Å². The van der Waals surface area contributed by atoms with E-state index >= 15 is 0 Å². The van der Waals surface area contributed by atoms with Crippen LogP contribution in [0.2, 0.25) is 0 Å². The van der Waals surface area contributed by atoms with E-state index in [1.165, 1.54) is 62.0 Å². The number of ether oxygens (including phenoxy) is 1. The number of amides is 2. The number of nitrogens with two attached hydrogens (primary N) is 1. The number of methoxy groups -OCH3 is 1. The Hall–Kier alpha value is -3.65. The highest BCUT2D eigenvalue weighted by molar-refractivity contribution is 6.09. The second-order valence-electron chi connectivity index (χ2n) is 10.5. The summed E-state index contributed by atoms with van der Waals surface area (Å²) in [5, 5.41) is 4.45. The van der Waals surface area contributed by atoms with E-state index in [1.54, 1.807) is 24.1 Å². The molecule has 3 aromatic rings. The predicted octanol–water partition coefficient (Wildman–Crippen LogP) is 3.70. The zero-order valence-corrected chi connectivity index (χ0v) is 21.3. The fourth-order valence-electron chi connectivity index (χ4n) is 5.92. The van der Waals surface area contributed by atoms with Gasteiger partial charge in [-0.05, 0) is 106 Å². The minimum Gasteiger partial charge on any atom is -0.497 e. The smallest absolute Gasteiger partial charge is 0.277 e. The van der Waals surface area contributed by atoms with Crippen molar-refractivity contribution in [2.45, 2.75) is 43.9 Å². The molecule has 0 spiro atoms. The molecule has 37 heavy (non-hydrogen) atoms. The van der Waals surface area contributed by atoms with Crippen LogP contribution in [0.3, 0.4) is 0 Å². The maximum atomic E-state index is 13.8. The lowest BCUT2D eigenvalue weighted by atomic mass is 9.91. The Morgan fingerprint density at radius 3 is 2.30 bits per heavy atom. The van der Waals surface area contributed by atoms with Crippen LogP contribution in [-0.4, -0.2) is 59.8 Å². The fourth-order valence-corrected chi connectivity index (χ4v) is 5.92. The number of rotatable bonds is 8. The fraction of sp³-hybridized carbons (Fsp3) is 0.414. The minimum atomic E-state index is -0.627. The molecule has 2 aliphatic heterocycles. The highest BCUT2D eigenvalue weighted by Crippen LogP contribution is 2.51. The number of primary amides is 1. The topological polar surface area (TPSA) is 93.7 Å². The monoisotopic (exact) mass is 499 g/mol. The quantitative estimate of drug-likeness (QED) is 0.510. The van der Waals surface area contributed by atoms with E-state index in [0.29, 0.717) is 41.1 Å². The molecular weight excluding hydrogens is 466 g/mol. The number of likely N-dealkylation sites (tertiary alicyclic amines) is 1. The van der Waals surface area contributed by atoms with Crippen molar-refractivity contribution >= 4 is 17.5 Å². The van der Waals surface area contributed by atoms with E-state index in [9.17, 15) is 9.59 Å². The van der Waals surface area contributed by atoms with Crippen LogP contribution in [-0.2, 0) is 11.8 Å². The lowest BCUT2D eigenvalue weighted by molar-refractivity contribution is 0.0972. The summed E-state index contributed by atoms with van der Waals surface area (Å²) < 4.78 is 6.79. The van der Waals surface area contributed by atoms with Crippen molar-refractivity contribution in [1.82, 2.24) is 14.7 Å². The Morgan fingerprint density at radius 1 is 1.00 bits per heavy atom. The largest absolute Gasteiger partial charge is 0.497 e. The van der Waals surface area contributed by atoms with Crippen LogP contribution >= 0.6 is 0 Å². The minimum absolute atomic E-state index is 0.155. The molecular formula is C29H33N5O3. The first-order chi connectivity index (χ1) is 18.0. The van der Waals surface area contributed by atoms with Gasteiger partial charge in [0.2, 0.25) is 0 Å². The van der Waals surface area contributed by atoms with Crippen molar-refractivity contribution in [2.75, 3.05) is 38.2 Å². The zero-order chi connectivity index (χ0) is 25.6. The Balaban J connectivity index is 1.26. The summed E-state index contributed by atoms with van der Waals surface area (Å²) in [5.74, 6) is -0.112. The zero-order valence-electron chi connectivity index (χ0n) is 21.3. The molecule has 0 atom stereocenters. The Morgan fingerprint density at radius 2 is 1.68 bits per heavy atom. The third-order valence-electron chi connectivity index (χ3n) is 8.32. The molecule has 2 fully saturated rings. The summed E-state index contributed by atoms with van der Waals surface area (Å²) >= 11 is 0. The molecule has 1 aromatic heterocycles. The van der Waals surface area contributed by atoms with Crippen molar-refractivity contribution in [3.63, 3.8) is 0 Å². The summed E-state index contributed by atoms with van der Waals surface area (Å²) in [4.78, 5) is 30.3. The van der Waals surface area contributed by atoms with Crippen molar-refractivity contribution in [1.29, 1.82) is 0 Å². The van der Waals surface area contributed by atoms with Gasteiger partial charge in [-0.15, -0.1) is 0 Å². The highest BCUT2D eigenvalue weighted by Gasteiger charge is 2.44. The molecule has 3 aliphatic rings. The molecule has 0 unspecified atom stereocenters. The standard InChI is InChI=1S/C29H33N5O3/c1-37-23-10-8-22(9-11-23)34-26-24(25(31-34)27(30)35)12-18-33(28(26)36)21-6-4-20(5-7-21)29(13-14-29)15-19-32-16-2-3-17-32/h4-11H,2-3,12-19H2,1H3,(H2,30,35). The molecule has 0 radical (unpaired) electrons.